The lowest BCUT2D eigenvalue weighted by atomic mass is 9.50. The van der Waals surface area contributed by atoms with Crippen molar-refractivity contribution in [2.75, 3.05) is 0 Å². The summed E-state index contributed by atoms with van der Waals surface area (Å²) in [5.41, 5.74) is 0. The fourth-order valence-electron chi connectivity index (χ4n) is 4.28. The molecule has 0 atom stereocenters. The predicted octanol–water partition coefficient (Wildman–Crippen LogP) is 6.93. The normalized spacial score (nSPS) is 26.2. The van der Waals surface area contributed by atoms with Crippen molar-refractivity contribution in [3.63, 3.8) is 0 Å². The number of hydrogen-bond donors (Lipinski definition) is 0. The molecule has 0 heterocycles. The first-order valence-corrected chi connectivity index (χ1v) is 9.80. The molecule has 0 bridgehead atoms. The summed E-state index contributed by atoms with van der Waals surface area (Å²) in [6, 6.07) is 0. The lowest BCUT2D eigenvalue weighted by molar-refractivity contribution is 0.492. The Bertz CT molecular complexity index is 206. The van der Waals surface area contributed by atoms with Crippen molar-refractivity contribution in [1.29, 1.82) is 0 Å². The maximum Gasteiger partial charge on any atom is 0.117 e. The second-order valence-electron chi connectivity index (χ2n) is 7.46. The van der Waals surface area contributed by atoms with Crippen molar-refractivity contribution in [2.45, 2.75) is 121 Å². The van der Waals surface area contributed by atoms with Crippen molar-refractivity contribution >= 4 is 7.28 Å². The highest BCUT2D eigenvalue weighted by Gasteiger charge is 2.19. The lowest BCUT2D eigenvalue weighted by Crippen LogP contribution is -2.13. The monoisotopic (exact) mass is 275 g/mol. The first kappa shape index (κ1) is 16.4. The summed E-state index contributed by atoms with van der Waals surface area (Å²) in [7, 11) is 2.82. The third-order valence-corrected chi connectivity index (χ3v) is 5.59. The first-order valence-electron chi connectivity index (χ1n) is 9.80. The second kappa shape index (κ2) is 10.7. The molecule has 2 fully saturated rings. The van der Waals surface area contributed by atoms with Crippen LogP contribution in [0.4, 0.5) is 0 Å². The summed E-state index contributed by atoms with van der Waals surface area (Å²) in [6.45, 7) is 0. The maximum atomic E-state index is 2.82. The third kappa shape index (κ3) is 7.18. The zero-order chi connectivity index (χ0) is 13.9. The summed E-state index contributed by atoms with van der Waals surface area (Å²) in [4.78, 5) is 0. The van der Waals surface area contributed by atoms with Crippen LogP contribution < -0.4 is 0 Å². The molecule has 2 saturated carbocycles. The van der Waals surface area contributed by atoms with Gasteiger partial charge in [-0.05, 0) is 0 Å². The molecule has 0 nitrogen and oxygen atoms in total. The minimum Gasteiger partial charge on any atom is -0.0686 e. The summed E-state index contributed by atoms with van der Waals surface area (Å²) in [5.74, 6) is 1.92. The molecule has 0 unspecified atom stereocenters. The highest BCUT2D eigenvalue weighted by molar-refractivity contribution is 6.39. The zero-order valence-corrected chi connectivity index (χ0v) is 13.8. The van der Waals surface area contributed by atoms with Crippen LogP contribution in [0.2, 0.25) is 11.6 Å². The van der Waals surface area contributed by atoms with E-state index in [-0.39, 0.29) is 0 Å². The van der Waals surface area contributed by atoms with Gasteiger partial charge in [-0.25, -0.2) is 0 Å². The fraction of sp³-hybridized carbons (Fsp3) is 1.00. The van der Waals surface area contributed by atoms with Gasteiger partial charge < -0.3 is 0 Å². The second-order valence-corrected chi connectivity index (χ2v) is 7.46. The third-order valence-electron chi connectivity index (χ3n) is 5.59. The van der Waals surface area contributed by atoms with E-state index in [1.807, 2.05) is 0 Å². The molecule has 0 aliphatic heterocycles. The Hall–Kier alpha value is 0.0649. The van der Waals surface area contributed by atoms with Gasteiger partial charge in [-0.2, -0.15) is 0 Å². The van der Waals surface area contributed by atoms with E-state index in [1.165, 1.54) is 109 Å². The van der Waals surface area contributed by atoms with E-state index >= 15 is 0 Å². The summed E-state index contributed by atoms with van der Waals surface area (Å²) in [6.07, 6.45) is 25.4. The summed E-state index contributed by atoms with van der Waals surface area (Å²) in [5, 5.41) is 0. The summed E-state index contributed by atoms with van der Waals surface area (Å²) >= 11 is 0. The van der Waals surface area contributed by atoms with E-state index in [4.69, 9.17) is 0 Å². The molecule has 0 spiro atoms. The molecule has 20 heavy (non-hydrogen) atoms. The molecule has 2 aliphatic rings. The quantitative estimate of drug-likeness (QED) is 0.479. The van der Waals surface area contributed by atoms with E-state index < -0.39 is 0 Å². The van der Waals surface area contributed by atoms with E-state index in [0.29, 0.717) is 0 Å². The van der Waals surface area contributed by atoms with Gasteiger partial charge in [0.1, 0.15) is 7.28 Å². The molecule has 2 aliphatic carbocycles. The molecule has 0 aromatic carbocycles. The van der Waals surface area contributed by atoms with Crippen LogP contribution in [0.5, 0.6) is 0 Å². The number of rotatable bonds is 2. The van der Waals surface area contributed by atoms with Crippen LogP contribution in [-0.2, 0) is 0 Å². The van der Waals surface area contributed by atoms with Gasteiger partial charge in [-0.3, -0.25) is 0 Å². The smallest absolute Gasteiger partial charge is 0.0686 e. The minimum absolute atomic E-state index is 0.956. The molecule has 0 aromatic rings. The highest BCUT2D eigenvalue weighted by atomic mass is 14.1. The van der Waals surface area contributed by atoms with Gasteiger partial charge >= 0.3 is 0 Å². The average molecular weight is 275 g/mol. The molecular formula is C19H36B. The Labute approximate surface area is 128 Å². The molecule has 1 heteroatoms. The van der Waals surface area contributed by atoms with Crippen LogP contribution in [0.3, 0.4) is 0 Å². The van der Waals surface area contributed by atoms with Gasteiger partial charge in [0.05, 0.1) is 0 Å². The van der Waals surface area contributed by atoms with Gasteiger partial charge in [0, 0.05) is 0 Å². The van der Waals surface area contributed by atoms with Gasteiger partial charge in [0.2, 0.25) is 0 Å². The Morgan fingerprint density at radius 1 is 0.350 bits per heavy atom. The van der Waals surface area contributed by atoms with Crippen molar-refractivity contribution in [3.8, 4) is 0 Å². The van der Waals surface area contributed by atoms with Crippen molar-refractivity contribution in [2.24, 2.45) is 0 Å². The largest absolute Gasteiger partial charge is 0.117 e. The Kier molecular flexibility index (Phi) is 8.83. The average Bonchev–Trinajstić information content (AvgIpc) is 2.47. The van der Waals surface area contributed by atoms with Gasteiger partial charge in [-0.1, -0.05) is 121 Å². The van der Waals surface area contributed by atoms with Crippen molar-refractivity contribution in [1.82, 2.24) is 0 Å². The van der Waals surface area contributed by atoms with Gasteiger partial charge in [0.15, 0.2) is 0 Å². The molecule has 0 amide bonds. The van der Waals surface area contributed by atoms with Crippen LogP contribution in [0.1, 0.15) is 109 Å². The zero-order valence-electron chi connectivity index (χ0n) is 13.8. The van der Waals surface area contributed by atoms with Crippen LogP contribution in [0, 0.1) is 0 Å². The fourth-order valence-corrected chi connectivity index (χ4v) is 4.28. The Morgan fingerprint density at radius 2 is 0.600 bits per heavy atom. The van der Waals surface area contributed by atoms with Crippen LogP contribution in [0.25, 0.3) is 0 Å². The van der Waals surface area contributed by atoms with Crippen molar-refractivity contribution in [3.05, 3.63) is 0 Å². The highest BCUT2D eigenvalue weighted by Crippen LogP contribution is 2.33. The van der Waals surface area contributed by atoms with Crippen LogP contribution in [0.15, 0.2) is 0 Å². The predicted molar refractivity (Wildman–Crippen MR) is 91.7 cm³/mol. The molecule has 1 radical (unpaired) electrons. The Balaban J connectivity index is 1.73. The maximum absolute atomic E-state index is 2.82. The van der Waals surface area contributed by atoms with E-state index in [2.05, 4.69) is 7.28 Å². The van der Waals surface area contributed by atoms with E-state index in [9.17, 15) is 0 Å². The summed E-state index contributed by atoms with van der Waals surface area (Å²) < 4.78 is 0. The minimum atomic E-state index is 0.956. The molecule has 0 N–H and O–H groups in total. The standard InChI is InChI=1S/C19H36B/c1-2-4-7-11-15-18(14-10-6-3-1)20-19-16-12-8-5-9-13-17-19/h18-19H,1-17H2. The lowest BCUT2D eigenvalue weighted by Gasteiger charge is -2.24. The van der Waals surface area contributed by atoms with Gasteiger partial charge in [0.25, 0.3) is 0 Å². The Morgan fingerprint density at radius 3 is 0.900 bits per heavy atom. The molecule has 0 aromatic heterocycles. The first-order chi connectivity index (χ1) is 9.95. The SMILES string of the molecule is [B](C1CCCCCCCCCC1)C1CCCCCCC1. The molecule has 2 rings (SSSR count). The number of hydrogen-bond acceptors (Lipinski definition) is 0. The van der Waals surface area contributed by atoms with Crippen LogP contribution in [-0.4, -0.2) is 7.28 Å². The van der Waals surface area contributed by atoms with E-state index in [1.54, 1.807) is 0 Å². The topological polar surface area (TPSA) is 0 Å². The molecule has 0 saturated heterocycles. The van der Waals surface area contributed by atoms with Crippen molar-refractivity contribution < 1.29 is 0 Å². The van der Waals surface area contributed by atoms with Gasteiger partial charge in [-0.15, -0.1) is 0 Å². The van der Waals surface area contributed by atoms with E-state index in [0.717, 1.165) is 11.6 Å². The molecular weight excluding hydrogens is 239 g/mol. The molecule has 115 valence electrons. The van der Waals surface area contributed by atoms with Crippen LogP contribution >= 0.6 is 0 Å².